The third kappa shape index (κ3) is 3.24. The molecule has 1 rings (SSSR count). The van der Waals surface area contributed by atoms with Gasteiger partial charge < -0.3 is 5.32 Å². The monoisotopic (exact) mass is 219 g/mol. The van der Waals surface area contributed by atoms with Crippen LogP contribution in [0.3, 0.4) is 0 Å². The van der Waals surface area contributed by atoms with Crippen molar-refractivity contribution in [2.24, 2.45) is 0 Å². The third-order valence-corrected chi connectivity index (χ3v) is 5.43. The summed E-state index contributed by atoms with van der Waals surface area (Å²) >= 11 is 0. The Morgan fingerprint density at radius 3 is 2.43 bits per heavy atom. The summed E-state index contributed by atoms with van der Waals surface area (Å²) in [5.41, 5.74) is 0. The summed E-state index contributed by atoms with van der Waals surface area (Å²) in [5.74, 6) is 0.347. The highest BCUT2D eigenvalue weighted by Gasteiger charge is 2.28. The highest BCUT2D eigenvalue weighted by atomic mass is 32.2. The van der Waals surface area contributed by atoms with Crippen LogP contribution in [0.4, 0.5) is 0 Å². The Kier molecular flexibility index (Phi) is 4.38. The highest BCUT2D eigenvalue weighted by Crippen LogP contribution is 2.25. The van der Waals surface area contributed by atoms with E-state index >= 15 is 0 Å². The summed E-state index contributed by atoms with van der Waals surface area (Å²) < 4.78 is 23.7. The Bertz CT molecular complexity index is 255. The number of hydrogen-bond donors (Lipinski definition) is 1. The average molecular weight is 219 g/mol. The summed E-state index contributed by atoms with van der Waals surface area (Å²) in [6, 6.07) is 0.297. The van der Waals surface area contributed by atoms with Gasteiger partial charge in [0.2, 0.25) is 0 Å². The molecule has 1 unspecified atom stereocenters. The van der Waals surface area contributed by atoms with Crippen LogP contribution in [0.25, 0.3) is 0 Å². The fourth-order valence-corrected chi connectivity index (χ4v) is 3.97. The van der Waals surface area contributed by atoms with Crippen LogP contribution >= 0.6 is 0 Å². The minimum absolute atomic E-state index is 0.0356. The molecule has 1 N–H and O–H groups in total. The lowest BCUT2D eigenvalue weighted by molar-refractivity contribution is 0.555. The molecule has 1 aliphatic carbocycles. The highest BCUT2D eigenvalue weighted by molar-refractivity contribution is 7.92. The molecule has 84 valence electrons. The van der Waals surface area contributed by atoms with Gasteiger partial charge in [-0.3, -0.25) is 0 Å². The van der Waals surface area contributed by atoms with E-state index in [4.69, 9.17) is 0 Å². The van der Waals surface area contributed by atoms with E-state index in [-0.39, 0.29) is 5.25 Å². The second-order valence-electron chi connectivity index (χ2n) is 4.25. The molecular weight excluding hydrogens is 198 g/mol. The van der Waals surface area contributed by atoms with Gasteiger partial charge in [0.05, 0.1) is 11.0 Å². The van der Waals surface area contributed by atoms with Crippen molar-refractivity contribution < 1.29 is 8.42 Å². The summed E-state index contributed by atoms with van der Waals surface area (Å²) in [5, 5.41) is 3.03. The molecule has 0 spiro atoms. The van der Waals surface area contributed by atoms with Gasteiger partial charge in [0.25, 0.3) is 0 Å². The topological polar surface area (TPSA) is 46.2 Å². The summed E-state index contributed by atoms with van der Waals surface area (Å²) in [4.78, 5) is 0. The number of rotatable bonds is 5. The largest absolute Gasteiger partial charge is 0.317 e. The maximum Gasteiger partial charge on any atom is 0.153 e. The number of hydrogen-bond acceptors (Lipinski definition) is 3. The minimum atomic E-state index is -2.81. The van der Waals surface area contributed by atoms with E-state index in [1.54, 1.807) is 0 Å². The predicted molar refractivity (Wildman–Crippen MR) is 59.2 cm³/mol. The first kappa shape index (κ1) is 12.0. The fraction of sp³-hybridized carbons (Fsp3) is 1.00. The Hall–Kier alpha value is -0.0900. The molecule has 0 saturated heterocycles. The van der Waals surface area contributed by atoms with Crippen LogP contribution in [0.15, 0.2) is 0 Å². The van der Waals surface area contributed by atoms with Crippen molar-refractivity contribution in [3.8, 4) is 0 Å². The zero-order chi connectivity index (χ0) is 10.6. The standard InChI is InChI=1S/C10H21NO2S/c1-9(11-2)7-8-14(12,13)10-5-3-4-6-10/h9-11H,3-8H2,1-2H3. The Balaban J connectivity index is 2.41. The average Bonchev–Trinajstić information content (AvgIpc) is 2.67. The van der Waals surface area contributed by atoms with Crippen molar-refractivity contribution in [1.29, 1.82) is 0 Å². The van der Waals surface area contributed by atoms with E-state index in [0.29, 0.717) is 11.8 Å². The van der Waals surface area contributed by atoms with Crippen LogP contribution < -0.4 is 5.32 Å². The molecule has 14 heavy (non-hydrogen) atoms. The SMILES string of the molecule is CNC(C)CCS(=O)(=O)C1CCCC1. The second kappa shape index (κ2) is 5.12. The first-order valence-corrected chi connectivity index (χ1v) is 7.16. The van der Waals surface area contributed by atoms with Crippen molar-refractivity contribution in [2.45, 2.75) is 50.3 Å². The van der Waals surface area contributed by atoms with Crippen molar-refractivity contribution in [3.05, 3.63) is 0 Å². The molecule has 3 nitrogen and oxygen atoms in total. The smallest absolute Gasteiger partial charge is 0.153 e. The Morgan fingerprint density at radius 1 is 1.36 bits per heavy atom. The van der Waals surface area contributed by atoms with Crippen LogP contribution in [-0.2, 0) is 9.84 Å². The Morgan fingerprint density at radius 2 is 1.93 bits per heavy atom. The van der Waals surface area contributed by atoms with Crippen molar-refractivity contribution >= 4 is 9.84 Å². The zero-order valence-electron chi connectivity index (χ0n) is 9.12. The van der Waals surface area contributed by atoms with Crippen LogP contribution in [0.2, 0.25) is 0 Å². The molecule has 1 saturated carbocycles. The normalized spacial score (nSPS) is 21.3. The molecule has 4 heteroatoms. The van der Waals surface area contributed by atoms with Crippen LogP contribution in [-0.4, -0.2) is 32.5 Å². The van der Waals surface area contributed by atoms with E-state index in [9.17, 15) is 8.42 Å². The molecule has 0 bridgehead atoms. The molecule has 0 amide bonds. The maximum atomic E-state index is 11.8. The van der Waals surface area contributed by atoms with E-state index in [2.05, 4.69) is 5.32 Å². The first-order valence-electron chi connectivity index (χ1n) is 5.45. The molecule has 0 aromatic carbocycles. The van der Waals surface area contributed by atoms with E-state index < -0.39 is 9.84 Å². The van der Waals surface area contributed by atoms with Gasteiger partial charge in [-0.2, -0.15) is 0 Å². The summed E-state index contributed by atoms with van der Waals surface area (Å²) in [7, 11) is -0.937. The Labute approximate surface area is 87.2 Å². The van der Waals surface area contributed by atoms with Gasteiger partial charge in [-0.05, 0) is 33.2 Å². The molecule has 1 fully saturated rings. The lowest BCUT2D eigenvalue weighted by Gasteiger charge is -2.13. The predicted octanol–water partition coefficient (Wildman–Crippen LogP) is 1.34. The lowest BCUT2D eigenvalue weighted by Crippen LogP contribution is -2.28. The molecule has 0 radical (unpaired) electrons. The fourth-order valence-electron chi connectivity index (χ4n) is 1.90. The minimum Gasteiger partial charge on any atom is -0.317 e. The molecule has 0 aromatic heterocycles. The third-order valence-electron chi connectivity index (χ3n) is 3.14. The lowest BCUT2D eigenvalue weighted by atomic mass is 10.3. The first-order chi connectivity index (χ1) is 6.56. The molecule has 0 heterocycles. The van der Waals surface area contributed by atoms with Crippen molar-refractivity contribution in [3.63, 3.8) is 0 Å². The van der Waals surface area contributed by atoms with Gasteiger partial charge in [-0.1, -0.05) is 12.8 Å². The van der Waals surface area contributed by atoms with Crippen LogP contribution in [0.5, 0.6) is 0 Å². The zero-order valence-corrected chi connectivity index (χ0v) is 9.94. The van der Waals surface area contributed by atoms with Gasteiger partial charge in [-0.15, -0.1) is 0 Å². The molecule has 1 aliphatic rings. The molecule has 0 aliphatic heterocycles. The van der Waals surface area contributed by atoms with E-state index in [0.717, 1.165) is 32.1 Å². The van der Waals surface area contributed by atoms with Gasteiger partial charge in [-0.25, -0.2) is 8.42 Å². The van der Waals surface area contributed by atoms with Gasteiger partial charge >= 0.3 is 0 Å². The summed E-state index contributed by atoms with van der Waals surface area (Å²) in [6.07, 6.45) is 4.68. The van der Waals surface area contributed by atoms with Crippen LogP contribution in [0, 0.1) is 0 Å². The van der Waals surface area contributed by atoms with Crippen molar-refractivity contribution in [2.75, 3.05) is 12.8 Å². The van der Waals surface area contributed by atoms with Crippen molar-refractivity contribution in [1.82, 2.24) is 5.32 Å². The second-order valence-corrected chi connectivity index (χ2v) is 6.65. The quantitative estimate of drug-likeness (QED) is 0.759. The van der Waals surface area contributed by atoms with Gasteiger partial charge in [0.15, 0.2) is 9.84 Å². The van der Waals surface area contributed by atoms with Crippen LogP contribution in [0.1, 0.15) is 39.0 Å². The molecule has 1 atom stereocenters. The number of sulfone groups is 1. The maximum absolute atomic E-state index is 11.8. The van der Waals surface area contributed by atoms with Gasteiger partial charge in [0, 0.05) is 6.04 Å². The van der Waals surface area contributed by atoms with E-state index in [1.165, 1.54) is 0 Å². The van der Waals surface area contributed by atoms with E-state index in [1.807, 2.05) is 14.0 Å². The molecule has 0 aromatic rings. The van der Waals surface area contributed by atoms with Gasteiger partial charge in [0.1, 0.15) is 0 Å². The summed E-state index contributed by atoms with van der Waals surface area (Å²) in [6.45, 7) is 2.02. The number of nitrogens with one attached hydrogen (secondary N) is 1. The molecular formula is C10H21NO2S.